The molecule has 1 saturated heterocycles. The quantitative estimate of drug-likeness (QED) is 0.600. The fourth-order valence-corrected chi connectivity index (χ4v) is 6.42. The number of carbonyl (C=O) groups is 1. The summed E-state index contributed by atoms with van der Waals surface area (Å²) >= 11 is 0. The highest BCUT2D eigenvalue weighted by Crippen LogP contribution is 2.40. The summed E-state index contributed by atoms with van der Waals surface area (Å²) in [6.07, 6.45) is 3.80. The van der Waals surface area contributed by atoms with E-state index in [1.54, 1.807) is 41.1 Å². The SMILES string of the molecule is COc1ccc(S(=O)(=O)N2C[C@@H]3C[C@H](C2)c2c(NC(=O)c4cccnc4)ccc(=O)n2C3)cc1. The molecule has 2 atom stereocenters. The van der Waals surface area contributed by atoms with Crippen LogP contribution in [0.5, 0.6) is 5.75 Å². The molecule has 1 aromatic carbocycles. The van der Waals surface area contributed by atoms with Crippen LogP contribution in [0, 0.1) is 5.92 Å². The van der Waals surface area contributed by atoms with E-state index >= 15 is 0 Å². The number of rotatable bonds is 5. The predicted molar refractivity (Wildman–Crippen MR) is 125 cm³/mol. The van der Waals surface area contributed by atoms with Crippen molar-refractivity contribution < 1.29 is 17.9 Å². The van der Waals surface area contributed by atoms with Crippen LogP contribution >= 0.6 is 0 Å². The number of nitrogens with zero attached hydrogens (tertiary/aromatic N) is 3. The van der Waals surface area contributed by atoms with Crippen molar-refractivity contribution in [2.24, 2.45) is 5.92 Å². The highest BCUT2D eigenvalue weighted by atomic mass is 32.2. The van der Waals surface area contributed by atoms with Gasteiger partial charge in [0, 0.05) is 49.7 Å². The van der Waals surface area contributed by atoms with Crippen molar-refractivity contribution in [2.45, 2.75) is 23.8 Å². The molecule has 0 spiro atoms. The Bertz CT molecular complexity index is 1390. The summed E-state index contributed by atoms with van der Waals surface area (Å²) in [4.78, 5) is 29.6. The number of sulfonamides is 1. The molecule has 0 aliphatic carbocycles. The Morgan fingerprint density at radius 2 is 1.88 bits per heavy atom. The van der Waals surface area contributed by atoms with Crippen molar-refractivity contribution in [2.75, 3.05) is 25.5 Å². The Kier molecular flexibility index (Phi) is 5.70. The number of hydrogen-bond donors (Lipinski definition) is 1. The van der Waals surface area contributed by atoms with Crippen LogP contribution in [0.4, 0.5) is 5.69 Å². The van der Waals surface area contributed by atoms with Gasteiger partial charge in [0.05, 0.1) is 23.3 Å². The van der Waals surface area contributed by atoms with Crippen molar-refractivity contribution in [3.05, 3.63) is 82.5 Å². The largest absolute Gasteiger partial charge is 0.497 e. The van der Waals surface area contributed by atoms with Crippen LogP contribution in [0.25, 0.3) is 0 Å². The lowest BCUT2D eigenvalue weighted by Crippen LogP contribution is -2.49. The zero-order valence-electron chi connectivity index (χ0n) is 18.5. The maximum atomic E-state index is 13.4. The van der Waals surface area contributed by atoms with Crippen LogP contribution in [0.3, 0.4) is 0 Å². The van der Waals surface area contributed by atoms with Gasteiger partial charge in [-0.2, -0.15) is 4.31 Å². The molecule has 10 heteroatoms. The van der Waals surface area contributed by atoms with Crippen molar-refractivity contribution in [1.29, 1.82) is 0 Å². The second kappa shape index (κ2) is 8.69. The molecule has 5 rings (SSSR count). The Morgan fingerprint density at radius 3 is 2.59 bits per heavy atom. The van der Waals surface area contributed by atoms with Gasteiger partial charge in [-0.05, 0) is 54.8 Å². The molecular formula is C24H24N4O5S. The van der Waals surface area contributed by atoms with E-state index in [1.807, 2.05) is 0 Å². The number of ether oxygens (including phenoxy) is 1. The lowest BCUT2D eigenvalue weighted by molar-refractivity contribution is 0.102. The third kappa shape index (κ3) is 3.99. The average molecular weight is 481 g/mol. The fourth-order valence-electron chi connectivity index (χ4n) is 4.86. The van der Waals surface area contributed by atoms with Gasteiger partial charge in [0.25, 0.3) is 11.5 Å². The van der Waals surface area contributed by atoms with Gasteiger partial charge < -0.3 is 14.6 Å². The molecule has 1 fully saturated rings. The number of fused-ring (bicyclic) bond motifs is 4. The second-order valence-electron chi connectivity index (χ2n) is 8.57. The summed E-state index contributed by atoms with van der Waals surface area (Å²) in [5.41, 5.74) is 1.42. The minimum absolute atomic E-state index is 0.00116. The molecule has 0 unspecified atom stereocenters. The average Bonchev–Trinajstić information content (AvgIpc) is 2.86. The van der Waals surface area contributed by atoms with E-state index in [0.29, 0.717) is 35.8 Å². The van der Waals surface area contributed by atoms with Crippen molar-refractivity contribution in [3.8, 4) is 5.75 Å². The monoisotopic (exact) mass is 480 g/mol. The van der Waals surface area contributed by atoms with Crippen LogP contribution in [0.15, 0.2) is 70.6 Å². The molecule has 3 aromatic rings. The number of nitrogens with one attached hydrogen (secondary N) is 1. The first kappa shape index (κ1) is 22.3. The standard InChI is InChI=1S/C24H24N4O5S/c1-33-19-4-6-20(7-5-19)34(31,32)27-13-16-11-18(15-27)23-21(8-9-22(29)28(23)14-16)26-24(30)17-3-2-10-25-12-17/h2-10,12,16,18H,11,13-15H2,1H3,(H,26,30)/t16-,18+/m0/s1. The zero-order chi connectivity index (χ0) is 23.9. The van der Waals surface area contributed by atoms with E-state index in [1.165, 1.54) is 35.8 Å². The van der Waals surface area contributed by atoms with Gasteiger partial charge >= 0.3 is 0 Å². The van der Waals surface area contributed by atoms with E-state index in [0.717, 1.165) is 6.42 Å². The van der Waals surface area contributed by atoms with Crippen LogP contribution in [-0.4, -0.2) is 48.4 Å². The molecule has 0 radical (unpaired) electrons. The van der Waals surface area contributed by atoms with Crippen LogP contribution < -0.4 is 15.6 Å². The fraction of sp³-hybridized carbons (Fsp3) is 0.292. The van der Waals surface area contributed by atoms with E-state index in [2.05, 4.69) is 10.3 Å². The number of pyridine rings is 2. The second-order valence-corrected chi connectivity index (χ2v) is 10.5. The molecule has 2 aliphatic heterocycles. The Hall–Kier alpha value is -3.50. The topological polar surface area (TPSA) is 111 Å². The molecule has 1 N–H and O–H groups in total. The molecule has 2 bridgehead atoms. The highest BCUT2D eigenvalue weighted by Gasteiger charge is 2.40. The van der Waals surface area contributed by atoms with Crippen LogP contribution in [-0.2, 0) is 16.6 Å². The van der Waals surface area contributed by atoms with Gasteiger partial charge in [-0.15, -0.1) is 0 Å². The third-order valence-corrected chi connectivity index (χ3v) is 8.27. The molecule has 0 saturated carbocycles. The Morgan fingerprint density at radius 1 is 1.09 bits per heavy atom. The number of hydrogen-bond acceptors (Lipinski definition) is 6. The Labute approximate surface area is 197 Å². The number of benzene rings is 1. The molecule has 2 aliphatic rings. The van der Waals surface area contributed by atoms with E-state index in [4.69, 9.17) is 4.74 Å². The minimum Gasteiger partial charge on any atom is -0.497 e. The molecule has 1 amide bonds. The smallest absolute Gasteiger partial charge is 0.257 e. The van der Waals surface area contributed by atoms with Crippen LogP contribution in [0.2, 0.25) is 0 Å². The number of anilines is 1. The third-order valence-electron chi connectivity index (χ3n) is 6.43. The first-order valence-electron chi connectivity index (χ1n) is 11.0. The van der Waals surface area contributed by atoms with Gasteiger partial charge in [-0.25, -0.2) is 8.42 Å². The summed E-state index contributed by atoms with van der Waals surface area (Å²) in [5.74, 6) is 0.0202. The van der Waals surface area contributed by atoms with E-state index in [-0.39, 0.29) is 34.7 Å². The number of piperidine rings is 1. The summed E-state index contributed by atoms with van der Waals surface area (Å²) in [6.45, 7) is 0.961. The number of aromatic nitrogens is 2. The number of carbonyl (C=O) groups excluding carboxylic acids is 1. The number of amides is 1. The lowest BCUT2D eigenvalue weighted by Gasteiger charge is -2.42. The Balaban J connectivity index is 1.47. The summed E-state index contributed by atoms with van der Waals surface area (Å²) in [5, 5.41) is 2.89. The van der Waals surface area contributed by atoms with Gasteiger partial charge in [-0.3, -0.25) is 14.6 Å². The van der Waals surface area contributed by atoms with Crippen LogP contribution in [0.1, 0.15) is 28.4 Å². The molecule has 4 heterocycles. The predicted octanol–water partition coefficient (Wildman–Crippen LogP) is 2.31. The van der Waals surface area contributed by atoms with Gasteiger partial charge in [0.1, 0.15) is 5.75 Å². The van der Waals surface area contributed by atoms with Gasteiger partial charge in [0.15, 0.2) is 0 Å². The van der Waals surface area contributed by atoms with Crippen molar-refractivity contribution >= 4 is 21.6 Å². The van der Waals surface area contributed by atoms with Gasteiger partial charge in [-0.1, -0.05) is 0 Å². The van der Waals surface area contributed by atoms with Crippen molar-refractivity contribution in [1.82, 2.24) is 13.9 Å². The molecule has 9 nitrogen and oxygen atoms in total. The van der Waals surface area contributed by atoms with Gasteiger partial charge in [0.2, 0.25) is 10.0 Å². The molecule has 2 aromatic heterocycles. The normalized spacial score (nSPS) is 19.8. The molecule has 34 heavy (non-hydrogen) atoms. The first-order chi connectivity index (χ1) is 16.4. The number of methoxy groups -OCH3 is 1. The summed E-state index contributed by atoms with van der Waals surface area (Å²) < 4.78 is 35.1. The first-order valence-corrected chi connectivity index (χ1v) is 12.4. The van der Waals surface area contributed by atoms with E-state index < -0.39 is 10.0 Å². The maximum Gasteiger partial charge on any atom is 0.257 e. The van der Waals surface area contributed by atoms with Crippen molar-refractivity contribution in [3.63, 3.8) is 0 Å². The molecular weight excluding hydrogens is 456 g/mol. The molecule has 176 valence electrons. The minimum atomic E-state index is -3.73. The summed E-state index contributed by atoms with van der Waals surface area (Å²) in [6, 6.07) is 12.7. The zero-order valence-corrected chi connectivity index (χ0v) is 19.4. The van der Waals surface area contributed by atoms with E-state index in [9.17, 15) is 18.0 Å². The maximum absolute atomic E-state index is 13.4. The lowest BCUT2D eigenvalue weighted by atomic mass is 9.83. The summed E-state index contributed by atoms with van der Waals surface area (Å²) in [7, 11) is -2.20. The highest BCUT2D eigenvalue weighted by molar-refractivity contribution is 7.89.